The number of nitrogens with zero attached hydrogens (tertiary/aromatic N) is 3. The standard InChI is InChI=1S/C7H13N3.C2H6/c1-4-6-8-9-7(5-2)10(6)3;1-2/h4-5H2,1-3H3;1-2H3. The van der Waals surface area contributed by atoms with Crippen LogP contribution in [0.25, 0.3) is 0 Å². The fraction of sp³-hybridized carbons (Fsp3) is 0.778. The van der Waals surface area contributed by atoms with E-state index < -0.39 is 0 Å². The lowest BCUT2D eigenvalue weighted by molar-refractivity contribution is 0.760. The highest BCUT2D eigenvalue weighted by Crippen LogP contribution is 1.99. The van der Waals surface area contributed by atoms with Crippen LogP contribution in [0.1, 0.15) is 39.3 Å². The second-order valence-corrected chi connectivity index (χ2v) is 2.30. The summed E-state index contributed by atoms with van der Waals surface area (Å²) in [4.78, 5) is 0. The van der Waals surface area contributed by atoms with Gasteiger partial charge in [0.05, 0.1) is 0 Å². The van der Waals surface area contributed by atoms with Gasteiger partial charge in [0.2, 0.25) is 0 Å². The van der Waals surface area contributed by atoms with E-state index in [0.29, 0.717) is 0 Å². The molecule has 0 fully saturated rings. The molecule has 0 aliphatic heterocycles. The Balaban J connectivity index is 0.000000561. The number of rotatable bonds is 2. The summed E-state index contributed by atoms with van der Waals surface area (Å²) in [5.41, 5.74) is 0. The summed E-state index contributed by atoms with van der Waals surface area (Å²) in [5.74, 6) is 2.13. The molecule has 0 unspecified atom stereocenters. The zero-order valence-electron chi connectivity index (χ0n) is 8.76. The van der Waals surface area contributed by atoms with E-state index in [1.54, 1.807) is 0 Å². The van der Waals surface area contributed by atoms with Gasteiger partial charge < -0.3 is 4.57 Å². The number of aryl methyl sites for hydroxylation is 2. The smallest absolute Gasteiger partial charge is 0.132 e. The molecular formula is C9H19N3. The molecule has 0 saturated carbocycles. The SMILES string of the molecule is CC.CCc1nnc(CC)n1C. The van der Waals surface area contributed by atoms with E-state index >= 15 is 0 Å². The molecule has 0 spiro atoms. The molecule has 0 atom stereocenters. The van der Waals surface area contributed by atoms with Crippen molar-refractivity contribution in [2.45, 2.75) is 40.5 Å². The molecule has 0 N–H and O–H groups in total. The molecule has 1 aromatic rings. The van der Waals surface area contributed by atoms with Crippen LogP contribution in [0.2, 0.25) is 0 Å². The van der Waals surface area contributed by atoms with Gasteiger partial charge in [-0.05, 0) is 0 Å². The van der Waals surface area contributed by atoms with Crippen molar-refractivity contribution in [2.75, 3.05) is 0 Å². The van der Waals surface area contributed by atoms with Crippen LogP contribution in [0.5, 0.6) is 0 Å². The van der Waals surface area contributed by atoms with Gasteiger partial charge in [-0.3, -0.25) is 0 Å². The van der Waals surface area contributed by atoms with Crippen molar-refractivity contribution >= 4 is 0 Å². The quantitative estimate of drug-likeness (QED) is 0.677. The van der Waals surface area contributed by atoms with E-state index in [-0.39, 0.29) is 0 Å². The second-order valence-electron chi connectivity index (χ2n) is 2.30. The summed E-state index contributed by atoms with van der Waals surface area (Å²) < 4.78 is 2.06. The maximum atomic E-state index is 4.02. The van der Waals surface area contributed by atoms with Gasteiger partial charge in [0.1, 0.15) is 11.6 Å². The third-order valence-electron chi connectivity index (χ3n) is 1.69. The Kier molecular flexibility index (Phi) is 5.34. The molecule has 0 radical (unpaired) electrons. The van der Waals surface area contributed by atoms with Gasteiger partial charge in [-0.1, -0.05) is 27.7 Å². The van der Waals surface area contributed by atoms with E-state index in [2.05, 4.69) is 28.6 Å². The number of hydrogen-bond donors (Lipinski definition) is 0. The minimum Gasteiger partial charge on any atom is -0.318 e. The summed E-state index contributed by atoms with van der Waals surface area (Å²) in [7, 11) is 2.01. The molecule has 70 valence electrons. The Labute approximate surface area is 74.8 Å². The van der Waals surface area contributed by atoms with Gasteiger partial charge in [0.25, 0.3) is 0 Å². The van der Waals surface area contributed by atoms with Gasteiger partial charge >= 0.3 is 0 Å². The zero-order valence-corrected chi connectivity index (χ0v) is 8.76. The normalized spacial score (nSPS) is 9.08. The summed E-state index contributed by atoms with van der Waals surface area (Å²) in [6.45, 7) is 8.17. The second kappa shape index (κ2) is 5.75. The molecule has 0 saturated heterocycles. The molecule has 0 aromatic carbocycles. The molecule has 3 nitrogen and oxygen atoms in total. The molecular weight excluding hydrogens is 150 g/mol. The van der Waals surface area contributed by atoms with E-state index in [4.69, 9.17) is 0 Å². The lowest BCUT2D eigenvalue weighted by Gasteiger charge is -1.97. The van der Waals surface area contributed by atoms with Crippen molar-refractivity contribution in [3.8, 4) is 0 Å². The Bertz CT molecular complexity index is 194. The topological polar surface area (TPSA) is 30.7 Å². The molecule has 0 amide bonds. The van der Waals surface area contributed by atoms with Crippen LogP contribution in [-0.4, -0.2) is 14.8 Å². The van der Waals surface area contributed by atoms with Crippen LogP contribution in [0.3, 0.4) is 0 Å². The monoisotopic (exact) mass is 169 g/mol. The highest BCUT2D eigenvalue weighted by molar-refractivity contribution is 4.93. The van der Waals surface area contributed by atoms with Crippen LogP contribution in [0, 0.1) is 0 Å². The molecule has 1 heterocycles. The maximum Gasteiger partial charge on any atom is 0.132 e. The van der Waals surface area contributed by atoms with Crippen LogP contribution >= 0.6 is 0 Å². The van der Waals surface area contributed by atoms with Gasteiger partial charge in [0.15, 0.2) is 0 Å². The first kappa shape index (κ1) is 11.1. The summed E-state index contributed by atoms with van der Waals surface area (Å²) in [6, 6.07) is 0. The Morgan fingerprint density at radius 2 is 1.33 bits per heavy atom. The molecule has 0 aliphatic rings. The van der Waals surface area contributed by atoms with Gasteiger partial charge in [0, 0.05) is 19.9 Å². The molecule has 12 heavy (non-hydrogen) atoms. The summed E-state index contributed by atoms with van der Waals surface area (Å²) in [5, 5.41) is 8.04. The van der Waals surface area contributed by atoms with Crippen LogP contribution in [-0.2, 0) is 19.9 Å². The average Bonchev–Trinajstić information content (AvgIpc) is 2.49. The summed E-state index contributed by atoms with van der Waals surface area (Å²) >= 11 is 0. The largest absolute Gasteiger partial charge is 0.318 e. The highest BCUT2D eigenvalue weighted by atomic mass is 15.3. The zero-order chi connectivity index (χ0) is 9.56. The van der Waals surface area contributed by atoms with Crippen LogP contribution in [0.4, 0.5) is 0 Å². The first-order valence-corrected chi connectivity index (χ1v) is 4.66. The minimum atomic E-state index is 0.962. The van der Waals surface area contributed by atoms with Crippen molar-refractivity contribution in [1.82, 2.24) is 14.8 Å². The Morgan fingerprint density at radius 1 is 1.00 bits per heavy atom. The first-order valence-electron chi connectivity index (χ1n) is 4.66. The van der Waals surface area contributed by atoms with E-state index in [0.717, 1.165) is 24.5 Å². The molecule has 1 aromatic heterocycles. The van der Waals surface area contributed by atoms with E-state index in [1.807, 2.05) is 20.9 Å². The lowest BCUT2D eigenvalue weighted by atomic mass is 10.4. The van der Waals surface area contributed by atoms with Gasteiger partial charge in [-0.15, -0.1) is 10.2 Å². The highest BCUT2D eigenvalue weighted by Gasteiger charge is 2.02. The Morgan fingerprint density at radius 3 is 1.50 bits per heavy atom. The number of hydrogen-bond acceptors (Lipinski definition) is 2. The third-order valence-corrected chi connectivity index (χ3v) is 1.69. The Hall–Kier alpha value is -0.860. The fourth-order valence-corrected chi connectivity index (χ4v) is 1.01. The molecule has 0 bridgehead atoms. The summed E-state index contributed by atoms with van der Waals surface area (Å²) in [6.07, 6.45) is 1.92. The predicted molar refractivity (Wildman–Crippen MR) is 51.1 cm³/mol. The maximum absolute atomic E-state index is 4.02. The van der Waals surface area contributed by atoms with E-state index in [9.17, 15) is 0 Å². The third kappa shape index (κ3) is 2.32. The molecule has 1 rings (SSSR count). The molecule has 3 heteroatoms. The first-order chi connectivity index (χ1) is 5.79. The minimum absolute atomic E-state index is 0.962. The predicted octanol–water partition coefficient (Wildman–Crippen LogP) is 1.97. The van der Waals surface area contributed by atoms with Crippen LogP contribution in [0.15, 0.2) is 0 Å². The van der Waals surface area contributed by atoms with Crippen LogP contribution < -0.4 is 0 Å². The fourth-order valence-electron chi connectivity index (χ4n) is 1.01. The average molecular weight is 169 g/mol. The van der Waals surface area contributed by atoms with Gasteiger partial charge in [-0.2, -0.15) is 0 Å². The van der Waals surface area contributed by atoms with Crippen molar-refractivity contribution in [2.24, 2.45) is 7.05 Å². The lowest BCUT2D eigenvalue weighted by Crippen LogP contribution is -1.99. The van der Waals surface area contributed by atoms with Crippen molar-refractivity contribution in [3.05, 3.63) is 11.6 Å². The van der Waals surface area contributed by atoms with E-state index in [1.165, 1.54) is 0 Å². The van der Waals surface area contributed by atoms with Gasteiger partial charge in [-0.25, -0.2) is 0 Å². The van der Waals surface area contributed by atoms with Crippen molar-refractivity contribution in [1.29, 1.82) is 0 Å². The van der Waals surface area contributed by atoms with Crippen molar-refractivity contribution in [3.63, 3.8) is 0 Å². The van der Waals surface area contributed by atoms with Crippen molar-refractivity contribution < 1.29 is 0 Å². The molecule has 0 aliphatic carbocycles. The number of aromatic nitrogens is 3.